The second-order valence-electron chi connectivity index (χ2n) is 4.72. The molecule has 0 saturated heterocycles. The van der Waals surface area contributed by atoms with Crippen molar-refractivity contribution in [3.63, 3.8) is 0 Å². The summed E-state index contributed by atoms with van der Waals surface area (Å²) in [4.78, 5) is 0. The summed E-state index contributed by atoms with van der Waals surface area (Å²) in [5, 5.41) is 9.26. The first kappa shape index (κ1) is 15.0. The molecular weight excluding hydrogens is 254 g/mol. The maximum atomic E-state index is 5.33. The molecule has 0 aliphatic rings. The zero-order valence-electron chi connectivity index (χ0n) is 12.4. The predicted molar refractivity (Wildman–Crippen MR) is 79.8 cm³/mol. The molecule has 1 unspecified atom stereocenters. The molecule has 0 bridgehead atoms. The Kier molecular flexibility index (Phi) is 5.52. The van der Waals surface area contributed by atoms with Crippen LogP contribution in [0.15, 0.2) is 24.3 Å². The number of aromatic nitrogens is 2. The SMILES string of the molecule is CCn1nc(CNCC(COC)OC)c2ccccc21. The van der Waals surface area contributed by atoms with Gasteiger partial charge in [-0.1, -0.05) is 18.2 Å². The summed E-state index contributed by atoms with van der Waals surface area (Å²) in [6.45, 7) is 5.06. The third-order valence-corrected chi connectivity index (χ3v) is 3.38. The summed E-state index contributed by atoms with van der Waals surface area (Å²) in [6.07, 6.45) is 0.0690. The number of benzene rings is 1. The highest BCUT2D eigenvalue weighted by atomic mass is 16.5. The van der Waals surface area contributed by atoms with Crippen LogP contribution in [0, 0.1) is 0 Å². The fraction of sp³-hybridized carbons (Fsp3) is 0.533. The van der Waals surface area contributed by atoms with E-state index in [1.165, 1.54) is 10.9 Å². The normalized spacial score (nSPS) is 12.9. The van der Waals surface area contributed by atoms with Gasteiger partial charge in [-0.15, -0.1) is 0 Å². The number of hydrogen-bond acceptors (Lipinski definition) is 4. The highest BCUT2D eigenvalue weighted by Gasteiger charge is 2.10. The molecule has 0 fully saturated rings. The lowest BCUT2D eigenvalue weighted by molar-refractivity contribution is 0.0287. The number of fused-ring (bicyclic) bond motifs is 1. The molecule has 0 radical (unpaired) electrons. The summed E-state index contributed by atoms with van der Waals surface area (Å²) >= 11 is 0. The molecule has 5 nitrogen and oxygen atoms in total. The van der Waals surface area contributed by atoms with Crippen LogP contribution in [0.2, 0.25) is 0 Å². The molecule has 2 rings (SSSR count). The van der Waals surface area contributed by atoms with Gasteiger partial charge < -0.3 is 14.8 Å². The zero-order valence-corrected chi connectivity index (χ0v) is 12.4. The minimum atomic E-state index is 0.0690. The van der Waals surface area contributed by atoms with Crippen molar-refractivity contribution in [2.24, 2.45) is 0 Å². The van der Waals surface area contributed by atoms with Crippen LogP contribution in [0.1, 0.15) is 12.6 Å². The third kappa shape index (κ3) is 3.36. The quantitative estimate of drug-likeness (QED) is 0.799. The van der Waals surface area contributed by atoms with E-state index < -0.39 is 0 Å². The van der Waals surface area contributed by atoms with E-state index in [9.17, 15) is 0 Å². The van der Waals surface area contributed by atoms with E-state index in [0.717, 1.165) is 25.3 Å². The number of nitrogens with one attached hydrogen (secondary N) is 1. The summed E-state index contributed by atoms with van der Waals surface area (Å²) in [5.74, 6) is 0. The molecule has 1 aromatic carbocycles. The summed E-state index contributed by atoms with van der Waals surface area (Å²) < 4.78 is 12.5. The van der Waals surface area contributed by atoms with E-state index in [2.05, 4.69) is 35.5 Å². The van der Waals surface area contributed by atoms with E-state index in [1.807, 2.05) is 10.7 Å². The molecular formula is C15H23N3O2. The molecule has 20 heavy (non-hydrogen) atoms. The zero-order chi connectivity index (χ0) is 14.4. The fourth-order valence-corrected chi connectivity index (χ4v) is 2.32. The van der Waals surface area contributed by atoms with Crippen LogP contribution in [-0.4, -0.2) is 43.3 Å². The Balaban J connectivity index is 2.03. The van der Waals surface area contributed by atoms with Crippen LogP contribution < -0.4 is 5.32 Å². The Morgan fingerprint density at radius 2 is 2.10 bits per heavy atom. The number of ether oxygens (including phenoxy) is 2. The molecule has 0 aliphatic carbocycles. The first-order valence-electron chi connectivity index (χ1n) is 6.97. The predicted octanol–water partition coefficient (Wildman–Crippen LogP) is 1.81. The summed E-state index contributed by atoms with van der Waals surface area (Å²) in [7, 11) is 3.38. The molecule has 110 valence electrons. The highest BCUT2D eigenvalue weighted by molar-refractivity contribution is 5.81. The molecule has 1 heterocycles. The van der Waals surface area contributed by atoms with Crippen molar-refractivity contribution in [2.75, 3.05) is 27.4 Å². The lowest BCUT2D eigenvalue weighted by Gasteiger charge is -2.14. The lowest BCUT2D eigenvalue weighted by atomic mass is 10.2. The monoisotopic (exact) mass is 277 g/mol. The highest BCUT2D eigenvalue weighted by Crippen LogP contribution is 2.18. The number of para-hydroxylation sites is 1. The largest absolute Gasteiger partial charge is 0.382 e. The minimum Gasteiger partial charge on any atom is -0.382 e. The van der Waals surface area contributed by atoms with Gasteiger partial charge in [0, 0.05) is 39.2 Å². The van der Waals surface area contributed by atoms with Gasteiger partial charge in [0.2, 0.25) is 0 Å². The Labute approximate surface area is 119 Å². The smallest absolute Gasteiger partial charge is 0.0928 e. The summed E-state index contributed by atoms with van der Waals surface area (Å²) in [5.41, 5.74) is 2.27. The van der Waals surface area contributed by atoms with Gasteiger partial charge in [0.25, 0.3) is 0 Å². The van der Waals surface area contributed by atoms with E-state index in [-0.39, 0.29) is 6.10 Å². The Morgan fingerprint density at radius 3 is 2.80 bits per heavy atom. The van der Waals surface area contributed by atoms with E-state index in [4.69, 9.17) is 9.47 Å². The maximum Gasteiger partial charge on any atom is 0.0928 e. The number of nitrogens with zero attached hydrogens (tertiary/aromatic N) is 2. The Bertz CT molecular complexity index is 539. The average Bonchev–Trinajstić information content (AvgIpc) is 2.85. The molecule has 2 aromatic rings. The van der Waals surface area contributed by atoms with Crippen molar-refractivity contribution in [1.82, 2.24) is 15.1 Å². The van der Waals surface area contributed by atoms with Crippen molar-refractivity contribution in [3.05, 3.63) is 30.0 Å². The van der Waals surface area contributed by atoms with Crippen LogP contribution >= 0.6 is 0 Å². The van der Waals surface area contributed by atoms with E-state index in [0.29, 0.717) is 6.61 Å². The first-order valence-corrected chi connectivity index (χ1v) is 6.97. The molecule has 0 amide bonds. The van der Waals surface area contributed by atoms with Crippen molar-refractivity contribution >= 4 is 10.9 Å². The van der Waals surface area contributed by atoms with Gasteiger partial charge in [-0.2, -0.15) is 5.10 Å². The molecule has 0 aliphatic heterocycles. The molecule has 1 atom stereocenters. The molecule has 0 saturated carbocycles. The number of methoxy groups -OCH3 is 2. The molecule has 0 spiro atoms. The van der Waals surface area contributed by atoms with Crippen molar-refractivity contribution in [2.45, 2.75) is 26.1 Å². The standard InChI is InChI=1S/C15H23N3O2/c1-4-18-15-8-6-5-7-13(15)14(17-18)10-16-9-12(20-3)11-19-2/h5-8,12,16H,4,9-11H2,1-3H3. The summed E-state index contributed by atoms with van der Waals surface area (Å²) in [6, 6.07) is 8.33. The van der Waals surface area contributed by atoms with Gasteiger partial charge >= 0.3 is 0 Å². The minimum absolute atomic E-state index is 0.0690. The first-order chi connectivity index (χ1) is 9.80. The number of rotatable bonds is 8. The topological polar surface area (TPSA) is 48.3 Å². The van der Waals surface area contributed by atoms with E-state index in [1.54, 1.807) is 14.2 Å². The van der Waals surface area contributed by atoms with Gasteiger partial charge in [-0.3, -0.25) is 4.68 Å². The molecule has 5 heteroatoms. The van der Waals surface area contributed by atoms with Gasteiger partial charge in [-0.25, -0.2) is 0 Å². The Morgan fingerprint density at radius 1 is 1.30 bits per heavy atom. The maximum absolute atomic E-state index is 5.33. The lowest BCUT2D eigenvalue weighted by Crippen LogP contribution is -2.31. The van der Waals surface area contributed by atoms with Crippen LogP contribution in [0.25, 0.3) is 10.9 Å². The van der Waals surface area contributed by atoms with Crippen LogP contribution in [-0.2, 0) is 22.6 Å². The van der Waals surface area contributed by atoms with Crippen molar-refractivity contribution < 1.29 is 9.47 Å². The second-order valence-corrected chi connectivity index (χ2v) is 4.72. The molecule has 1 aromatic heterocycles. The van der Waals surface area contributed by atoms with Gasteiger partial charge in [0.15, 0.2) is 0 Å². The molecule has 1 N–H and O–H groups in total. The second kappa shape index (κ2) is 7.38. The third-order valence-electron chi connectivity index (χ3n) is 3.38. The van der Waals surface area contributed by atoms with Crippen LogP contribution in [0.4, 0.5) is 0 Å². The number of hydrogen-bond donors (Lipinski definition) is 1. The average molecular weight is 277 g/mol. The van der Waals surface area contributed by atoms with Gasteiger partial charge in [0.05, 0.1) is 23.9 Å². The van der Waals surface area contributed by atoms with Gasteiger partial charge in [-0.05, 0) is 13.0 Å². The van der Waals surface area contributed by atoms with Crippen LogP contribution in [0.3, 0.4) is 0 Å². The van der Waals surface area contributed by atoms with Gasteiger partial charge in [0.1, 0.15) is 0 Å². The Hall–Kier alpha value is -1.43. The van der Waals surface area contributed by atoms with Crippen molar-refractivity contribution in [1.29, 1.82) is 0 Å². The fourth-order valence-electron chi connectivity index (χ4n) is 2.32. The van der Waals surface area contributed by atoms with E-state index >= 15 is 0 Å². The van der Waals surface area contributed by atoms with Crippen molar-refractivity contribution in [3.8, 4) is 0 Å². The van der Waals surface area contributed by atoms with Crippen LogP contribution in [0.5, 0.6) is 0 Å². The number of aryl methyl sites for hydroxylation is 1.